The van der Waals surface area contributed by atoms with E-state index >= 15 is 0 Å². The molecule has 0 amide bonds. The summed E-state index contributed by atoms with van der Waals surface area (Å²) < 4.78 is 13.5. The molecule has 2 aromatic heterocycles. The fourth-order valence-electron chi connectivity index (χ4n) is 2.24. The van der Waals surface area contributed by atoms with Crippen LogP contribution in [0.2, 0.25) is 25.7 Å². The topological polar surface area (TPSA) is 75.3 Å². The molecule has 0 spiro atoms. The fraction of sp³-hybridized carbons (Fsp3) is 0.471. The number of aromatic nitrogens is 3. The number of ether oxygens (including phenoxy) is 2. The average Bonchev–Trinajstić information content (AvgIpc) is 2.97. The van der Waals surface area contributed by atoms with Gasteiger partial charge in [-0.2, -0.15) is 5.10 Å². The van der Waals surface area contributed by atoms with Crippen molar-refractivity contribution in [3.8, 4) is 11.1 Å². The van der Waals surface area contributed by atoms with E-state index < -0.39 is 14.0 Å². The first-order valence-electron chi connectivity index (χ1n) is 8.12. The van der Waals surface area contributed by atoms with Crippen LogP contribution in [0.4, 0.5) is 0 Å². The molecule has 0 radical (unpaired) electrons. The largest absolute Gasteiger partial charge is 0.464 e. The number of hydrogen-bond donors (Lipinski definition) is 0. The fourth-order valence-corrected chi connectivity index (χ4v) is 2.99. The van der Waals surface area contributed by atoms with Gasteiger partial charge in [0.15, 0.2) is 5.69 Å². The van der Waals surface area contributed by atoms with Crippen molar-refractivity contribution < 1.29 is 14.3 Å². The molecule has 25 heavy (non-hydrogen) atoms. The molecule has 0 aliphatic heterocycles. The third kappa shape index (κ3) is 5.14. The van der Waals surface area contributed by atoms with Crippen LogP contribution in [0.25, 0.3) is 11.1 Å². The zero-order valence-corrected chi connectivity index (χ0v) is 16.4. The van der Waals surface area contributed by atoms with Crippen LogP contribution in [0.1, 0.15) is 10.5 Å². The summed E-state index contributed by atoms with van der Waals surface area (Å²) in [4.78, 5) is 23.6. The first-order valence-corrected chi connectivity index (χ1v) is 11.8. The Morgan fingerprint density at radius 1 is 1.24 bits per heavy atom. The molecule has 0 aliphatic rings. The Balaban J connectivity index is 2.23. The minimum Gasteiger partial charge on any atom is -0.464 e. The zero-order chi connectivity index (χ0) is 18.6. The Morgan fingerprint density at radius 2 is 1.96 bits per heavy atom. The summed E-state index contributed by atoms with van der Waals surface area (Å²) in [7, 11) is 1.83. The minimum atomic E-state index is -1.15. The van der Waals surface area contributed by atoms with E-state index in [9.17, 15) is 9.59 Å². The maximum Gasteiger partial charge on any atom is 0.359 e. The van der Waals surface area contributed by atoms with Gasteiger partial charge >= 0.3 is 5.97 Å². The number of carbonyl (C=O) groups is 1. The second-order valence-electron chi connectivity index (χ2n) is 7.14. The Bertz CT molecular complexity index is 805. The lowest BCUT2D eigenvalue weighted by atomic mass is 10.1. The molecule has 136 valence electrons. The van der Waals surface area contributed by atoms with Gasteiger partial charge in [0.2, 0.25) is 5.56 Å². The Morgan fingerprint density at radius 3 is 2.56 bits per heavy atom. The SMILES string of the molecule is COC(=O)c1nn(COCC[Si](C)(C)C)cc1-c1ccc(=O)n(C)c1. The number of hydrogen-bond acceptors (Lipinski definition) is 5. The molecule has 0 fully saturated rings. The van der Waals surface area contributed by atoms with E-state index in [1.54, 1.807) is 30.2 Å². The van der Waals surface area contributed by atoms with Gasteiger partial charge in [0.25, 0.3) is 0 Å². The van der Waals surface area contributed by atoms with Crippen molar-refractivity contribution in [1.29, 1.82) is 0 Å². The van der Waals surface area contributed by atoms with E-state index in [-0.39, 0.29) is 18.0 Å². The average molecular weight is 363 g/mol. The minimum absolute atomic E-state index is 0.120. The molecule has 0 atom stereocenters. The number of carbonyl (C=O) groups excluding carboxylic acids is 1. The molecule has 2 rings (SSSR count). The molecule has 0 N–H and O–H groups in total. The van der Waals surface area contributed by atoms with Crippen LogP contribution in [0.5, 0.6) is 0 Å². The monoisotopic (exact) mass is 363 g/mol. The normalized spacial score (nSPS) is 11.6. The van der Waals surface area contributed by atoms with Crippen molar-refractivity contribution in [3.63, 3.8) is 0 Å². The van der Waals surface area contributed by atoms with Crippen LogP contribution in [-0.2, 0) is 23.3 Å². The molecular formula is C17H25N3O4Si. The van der Waals surface area contributed by atoms with Gasteiger partial charge in [-0.25, -0.2) is 9.48 Å². The summed E-state index contributed by atoms with van der Waals surface area (Å²) in [5, 5.41) is 4.28. The van der Waals surface area contributed by atoms with Crippen molar-refractivity contribution in [1.82, 2.24) is 14.3 Å². The van der Waals surface area contributed by atoms with Gasteiger partial charge in [0.05, 0.1) is 7.11 Å². The highest BCUT2D eigenvalue weighted by Gasteiger charge is 2.19. The molecule has 0 unspecified atom stereocenters. The first kappa shape index (κ1) is 19.1. The first-order chi connectivity index (χ1) is 11.7. The summed E-state index contributed by atoms with van der Waals surface area (Å²) in [6.45, 7) is 7.80. The summed E-state index contributed by atoms with van der Waals surface area (Å²) >= 11 is 0. The van der Waals surface area contributed by atoms with Gasteiger partial charge in [-0.1, -0.05) is 19.6 Å². The number of esters is 1. The number of aryl methyl sites for hydroxylation is 1. The Kier molecular flexibility index (Phi) is 5.96. The number of nitrogens with zero attached hydrogens (tertiary/aromatic N) is 3. The van der Waals surface area contributed by atoms with E-state index in [2.05, 4.69) is 24.7 Å². The standard InChI is InChI=1S/C17H25N3O4Si/c1-19-10-13(6-7-15(19)21)14-11-20(18-16(14)17(22)23-2)12-24-8-9-25(3,4)5/h6-7,10-11H,8-9,12H2,1-5H3. The predicted molar refractivity (Wildman–Crippen MR) is 98.3 cm³/mol. The van der Waals surface area contributed by atoms with Crippen LogP contribution >= 0.6 is 0 Å². The van der Waals surface area contributed by atoms with Crippen molar-refractivity contribution in [2.45, 2.75) is 32.4 Å². The van der Waals surface area contributed by atoms with Crippen LogP contribution in [-0.4, -0.2) is 42.1 Å². The van der Waals surface area contributed by atoms with Gasteiger partial charge in [-0.05, 0) is 12.1 Å². The maximum absolute atomic E-state index is 12.0. The molecule has 0 saturated carbocycles. The number of rotatable bonds is 7. The van der Waals surface area contributed by atoms with Crippen molar-refractivity contribution >= 4 is 14.0 Å². The molecule has 0 aliphatic carbocycles. The molecule has 2 aromatic rings. The predicted octanol–water partition coefficient (Wildman–Crippen LogP) is 2.35. The van der Waals surface area contributed by atoms with E-state index in [4.69, 9.17) is 9.47 Å². The zero-order valence-electron chi connectivity index (χ0n) is 15.4. The summed E-state index contributed by atoms with van der Waals surface area (Å²) in [5.41, 5.74) is 1.41. The van der Waals surface area contributed by atoms with Crippen molar-refractivity contribution in [3.05, 3.63) is 40.6 Å². The van der Waals surface area contributed by atoms with E-state index in [0.29, 0.717) is 12.2 Å². The third-order valence-corrected chi connectivity index (χ3v) is 5.46. The highest BCUT2D eigenvalue weighted by Crippen LogP contribution is 2.22. The number of methoxy groups -OCH3 is 1. The summed E-state index contributed by atoms with van der Waals surface area (Å²) in [6, 6.07) is 4.19. The molecule has 0 saturated heterocycles. The molecule has 7 nitrogen and oxygen atoms in total. The highest BCUT2D eigenvalue weighted by molar-refractivity contribution is 6.76. The van der Waals surface area contributed by atoms with Gasteiger partial charge in [0.1, 0.15) is 6.73 Å². The lowest BCUT2D eigenvalue weighted by Gasteiger charge is -2.15. The lowest BCUT2D eigenvalue weighted by molar-refractivity contribution is 0.0583. The molecular weight excluding hydrogens is 338 g/mol. The van der Waals surface area contributed by atoms with Gasteiger partial charge < -0.3 is 14.0 Å². The maximum atomic E-state index is 12.0. The van der Waals surface area contributed by atoms with Crippen LogP contribution in [0.3, 0.4) is 0 Å². The smallest absolute Gasteiger partial charge is 0.359 e. The summed E-state index contributed by atoms with van der Waals surface area (Å²) in [6.07, 6.45) is 3.41. The number of pyridine rings is 1. The Labute approximate surface area is 148 Å². The van der Waals surface area contributed by atoms with Gasteiger partial charge in [-0.15, -0.1) is 0 Å². The Hall–Kier alpha value is -2.19. The lowest BCUT2D eigenvalue weighted by Crippen LogP contribution is -2.22. The quantitative estimate of drug-likeness (QED) is 0.429. The van der Waals surface area contributed by atoms with Crippen LogP contribution < -0.4 is 5.56 Å². The van der Waals surface area contributed by atoms with E-state index in [1.165, 1.54) is 17.7 Å². The van der Waals surface area contributed by atoms with Crippen LogP contribution in [0, 0.1) is 0 Å². The van der Waals surface area contributed by atoms with Crippen molar-refractivity contribution in [2.24, 2.45) is 7.05 Å². The second-order valence-corrected chi connectivity index (χ2v) is 12.8. The van der Waals surface area contributed by atoms with Crippen LogP contribution in [0.15, 0.2) is 29.3 Å². The molecule has 8 heteroatoms. The van der Waals surface area contributed by atoms with Gasteiger partial charge in [0, 0.05) is 51.3 Å². The van der Waals surface area contributed by atoms with E-state index in [1.807, 2.05) is 0 Å². The second kappa shape index (κ2) is 7.79. The highest BCUT2D eigenvalue weighted by atomic mass is 28.3. The molecule has 2 heterocycles. The van der Waals surface area contributed by atoms with E-state index in [0.717, 1.165) is 11.6 Å². The summed E-state index contributed by atoms with van der Waals surface area (Å²) in [5.74, 6) is -0.523. The molecule has 0 aromatic carbocycles. The molecule has 0 bridgehead atoms. The van der Waals surface area contributed by atoms with Gasteiger partial charge in [-0.3, -0.25) is 4.79 Å². The third-order valence-electron chi connectivity index (χ3n) is 3.76. The van der Waals surface area contributed by atoms with Crippen molar-refractivity contribution in [2.75, 3.05) is 13.7 Å².